The highest BCUT2D eigenvalue weighted by Gasteiger charge is 2.36. The molecule has 7 nitrogen and oxygen atoms in total. The fraction of sp³-hybridized carbons (Fsp3) is 0.600. The van der Waals surface area contributed by atoms with Gasteiger partial charge in [0.1, 0.15) is 5.60 Å². The molecule has 1 atom stereocenters. The van der Waals surface area contributed by atoms with Crippen LogP contribution in [0.2, 0.25) is 0 Å². The Kier molecular flexibility index (Phi) is 6.21. The quantitative estimate of drug-likeness (QED) is 0.618. The molecule has 0 radical (unpaired) electrons. The van der Waals surface area contributed by atoms with Crippen LogP contribution in [0.15, 0.2) is 29.3 Å². The molecule has 1 aromatic carbocycles. The van der Waals surface area contributed by atoms with Gasteiger partial charge in [-0.3, -0.25) is 0 Å². The number of guanidine groups is 1. The zero-order valence-corrected chi connectivity index (χ0v) is 16.3. The number of rotatable bonds is 4. The fourth-order valence-electron chi connectivity index (χ4n) is 3.78. The lowest BCUT2D eigenvalue weighted by Gasteiger charge is -2.36. The largest absolute Gasteiger partial charge is 0.450 e. The van der Waals surface area contributed by atoms with E-state index in [4.69, 9.17) is 9.73 Å². The maximum Gasteiger partial charge on any atom is 0.409 e. The van der Waals surface area contributed by atoms with Crippen molar-refractivity contribution in [1.29, 1.82) is 0 Å². The lowest BCUT2D eigenvalue weighted by atomic mass is 9.96. The van der Waals surface area contributed by atoms with E-state index in [0.29, 0.717) is 45.8 Å². The van der Waals surface area contributed by atoms with Gasteiger partial charge in [0.15, 0.2) is 5.96 Å². The normalized spacial score (nSPS) is 22.6. The maximum atomic E-state index is 11.9. The van der Waals surface area contributed by atoms with E-state index in [2.05, 4.69) is 16.3 Å². The van der Waals surface area contributed by atoms with Gasteiger partial charge < -0.3 is 25.0 Å². The highest BCUT2D eigenvalue weighted by Crippen LogP contribution is 2.36. The number of amides is 1. The van der Waals surface area contributed by atoms with E-state index in [-0.39, 0.29) is 6.09 Å². The number of carbonyl (C=O) groups excluding carboxylic acids is 1. The molecule has 1 heterocycles. The molecule has 27 heavy (non-hydrogen) atoms. The van der Waals surface area contributed by atoms with Crippen LogP contribution >= 0.6 is 0 Å². The molecule has 1 saturated heterocycles. The van der Waals surface area contributed by atoms with Crippen molar-refractivity contribution in [2.24, 2.45) is 4.99 Å². The predicted octanol–water partition coefficient (Wildman–Crippen LogP) is 1.56. The monoisotopic (exact) mass is 374 g/mol. The summed E-state index contributed by atoms with van der Waals surface area (Å²) in [5.41, 5.74) is 1.31. The minimum absolute atomic E-state index is 0.254. The van der Waals surface area contributed by atoms with Crippen LogP contribution in [0, 0.1) is 0 Å². The van der Waals surface area contributed by atoms with Gasteiger partial charge in [-0.2, -0.15) is 0 Å². The van der Waals surface area contributed by atoms with Crippen molar-refractivity contribution in [3.8, 4) is 0 Å². The summed E-state index contributed by atoms with van der Waals surface area (Å²) in [6.45, 7) is 7.94. The minimum atomic E-state index is -0.899. The van der Waals surface area contributed by atoms with Gasteiger partial charge in [-0.15, -0.1) is 0 Å². The maximum absolute atomic E-state index is 11.9. The molecule has 0 saturated carbocycles. The number of nitrogens with zero attached hydrogens (tertiary/aromatic N) is 3. The minimum Gasteiger partial charge on any atom is -0.450 e. The number of hydrogen-bond donors (Lipinski definition) is 2. The first-order valence-electron chi connectivity index (χ1n) is 9.83. The number of ether oxygens (including phenoxy) is 1. The van der Waals surface area contributed by atoms with Crippen LogP contribution in [0.3, 0.4) is 0 Å². The second-order valence-corrected chi connectivity index (χ2v) is 7.03. The molecule has 1 unspecified atom stereocenters. The van der Waals surface area contributed by atoms with E-state index in [9.17, 15) is 9.90 Å². The van der Waals surface area contributed by atoms with E-state index in [1.54, 1.807) is 4.90 Å². The highest BCUT2D eigenvalue weighted by atomic mass is 16.6. The number of aliphatic hydroxyl groups is 1. The van der Waals surface area contributed by atoms with E-state index in [0.717, 1.165) is 24.5 Å². The van der Waals surface area contributed by atoms with Crippen LogP contribution in [0.5, 0.6) is 0 Å². The molecule has 0 aromatic heterocycles. The standard InChI is InChI=1S/C20H30N4O3/c1-3-21-18(23-11-13-24(14-12-23)19(25)27-4-2)22-15-20(26)10-9-16-7-5-6-8-17(16)20/h5-8,26H,3-4,9-15H2,1-2H3,(H,21,22). The summed E-state index contributed by atoms with van der Waals surface area (Å²) >= 11 is 0. The topological polar surface area (TPSA) is 77.4 Å². The van der Waals surface area contributed by atoms with Crippen LogP contribution in [-0.4, -0.2) is 72.8 Å². The summed E-state index contributed by atoms with van der Waals surface area (Å²) in [7, 11) is 0. The summed E-state index contributed by atoms with van der Waals surface area (Å²) in [6, 6.07) is 8.07. The number of fused-ring (bicyclic) bond motifs is 1. The Morgan fingerprint density at radius 3 is 2.63 bits per heavy atom. The number of carbonyl (C=O) groups is 1. The highest BCUT2D eigenvalue weighted by molar-refractivity contribution is 5.80. The summed E-state index contributed by atoms with van der Waals surface area (Å²) in [5, 5.41) is 14.4. The van der Waals surface area contributed by atoms with Crippen molar-refractivity contribution >= 4 is 12.1 Å². The molecule has 0 spiro atoms. The molecule has 1 aliphatic heterocycles. The lowest BCUT2D eigenvalue weighted by molar-refractivity contribution is 0.0481. The summed E-state index contributed by atoms with van der Waals surface area (Å²) < 4.78 is 5.08. The van der Waals surface area contributed by atoms with Gasteiger partial charge >= 0.3 is 6.09 Å². The summed E-state index contributed by atoms with van der Waals surface area (Å²) in [6.07, 6.45) is 1.33. The Morgan fingerprint density at radius 1 is 1.22 bits per heavy atom. The Morgan fingerprint density at radius 2 is 1.93 bits per heavy atom. The Bertz CT molecular complexity index is 686. The third-order valence-electron chi connectivity index (χ3n) is 5.26. The molecular weight excluding hydrogens is 344 g/mol. The van der Waals surface area contributed by atoms with Crippen molar-refractivity contribution < 1.29 is 14.6 Å². The molecular formula is C20H30N4O3. The zero-order chi connectivity index (χ0) is 19.3. The van der Waals surface area contributed by atoms with Crippen LogP contribution in [0.1, 0.15) is 31.4 Å². The number of benzene rings is 1. The third kappa shape index (κ3) is 4.35. The van der Waals surface area contributed by atoms with Crippen LogP contribution in [0.4, 0.5) is 4.79 Å². The second-order valence-electron chi connectivity index (χ2n) is 7.03. The van der Waals surface area contributed by atoms with Crippen molar-refractivity contribution in [3.05, 3.63) is 35.4 Å². The van der Waals surface area contributed by atoms with Gasteiger partial charge in [-0.25, -0.2) is 9.79 Å². The first kappa shape index (κ1) is 19.5. The van der Waals surface area contributed by atoms with Gasteiger partial charge in [-0.05, 0) is 37.8 Å². The molecule has 2 N–H and O–H groups in total. The van der Waals surface area contributed by atoms with Crippen LogP contribution in [-0.2, 0) is 16.8 Å². The molecule has 148 valence electrons. The fourth-order valence-corrected chi connectivity index (χ4v) is 3.78. The van der Waals surface area contributed by atoms with Gasteiger partial charge in [-0.1, -0.05) is 24.3 Å². The van der Waals surface area contributed by atoms with Gasteiger partial charge in [0, 0.05) is 32.7 Å². The lowest BCUT2D eigenvalue weighted by Crippen LogP contribution is -2.54. The van der Waals surface area contributed by atoms with Gasteiger partial charge in [0.05, 0.1) is 13.2 Å². The van der Waals surface area contributed by atoms with Crippen LogP contribution in [0.25, 0.3) is 0 Å². The van der Waals surface area contributed by atoms with Crippen molar-refractivity contribution in [3.63, 3.8) is 0 Å². The van der Waals surface area contributed by atoms with E-state index in [1.807, 2.05) is 32.0 Å². The SMILES string of the molecule is CCNC(=NCC1(O)CCc2ccccc21)N1CCN(C(=O)OCC)CC1. The molecule has 1 fully saturated rings. The number of piperazine rings is 1. The Hall–Kier alpha value is -2.28. The van der Waals surface area contributed by atoms with E-state index >= 15 is 0 Å². The molecule has 1 aromatic rings. The predicted molar refractivity (Wildman–Crippen MR) is 105 cm³/mol. The Balaban J connectivity index is 1.65. The molecule has 2 aliphatic rings. The molecule has 1 amide bonds. The molecule has 0 bridgehead atoms. The van der Waals surface area contributed by atoms with Crippen molar-refractivity contribution in [2.45, 2.75) is 32.3 Å². The van der Waals surface area contributed by atoms with E-state index in [1.165, 1.54) is 5.56 Å². The average Bonchev–Trinajstić information content (AvgIpc) is 3.03. The number of hydrogen-bond acceptors (Lipinski definition) is 4. The Labute approximate surface area is 161 Å². The van der Waals surface area contributed by atoms with Crippen molar-refractivity contribution in [2.75, 3.05) is 45.9 Å². The molecule has 7 heteroatoms. The smallest absolute Gasteiger partial charge is 0.409 e. The number of nitrogens with one attached hydrogen (secondary N) is 1. The number of aliphatic imine (C=N–C) groups is 1. The van der Waals surface area contributed by atoms with E-state index < -0.39 is 5.60 Å². The average molecular weight is 374 g/mol. The second kappa shape index (κ2) is 8.61. The molecule has 3 rings (SSSR count). The van der Waals surface area contributed by atoms with Crippen LogP contribution < -0.4 is 5.32 Å². The van der Waals surface area contributed by atoms with Gasteiger partial charge in [0.25, 0.3) is 0 Å². The van der Waals surface area contributed by atoms with Crippen molar-refractivity contribution in [1.82, 2.24) is 15.1 Å². The first-order valence-corrected chi connectivity index (χ1v) is 9.83. The van der Waals surface area contributed by atoms with Gasteiger partial charge in [0.2, 0.25) is 0 Å². The summed E-state index contributed by atoms with van der Waals surface area (Å²) in [4.78, 5) is 20.5. The summed E-state index contributed by atoms with van der Waals surface area (Å²) in [5.74, 6) is 0.791. The first-order chi connectivity index (χ1) is 13.1. The third-order valence-corrected chi connectivity index (χ3v) is 5.26. The molecule has 1 aliphatic carbocycles. The zero-order valence-electron chi connectivity index (χ0n) is 16.3. The number of aryl methyl sites for hydroxylation is 1.